The topological polar surface area (TPSA) is 161 Å². The van der Waals surface area contributed by atoms with E-state index in [9.17, 15) is 23.1 Å². The number of rotatable bonds is 2. The van der Waals surface area contributed by atoms with Gasteiger partial charge in [0.1, 0.15) is 10.1 Å². The number of hydrogen-bond acceptors (Lipinski definition) is 7. The maximum Gasteiger partial charge on any atom is 1.00 e. The molecule has 1 rings (SSSR count). The van der Waals surface area contributed by atoms with E-state index in [4.69, 9.17) is 5.73 Å². The largest absolute Gasteiger partial charge is 1.00 e. The van der Waals surface area contributed by atoms with E-state index < -0.39 is 25.6 Å². The van der Waals surface area contributed by atoms with Crippen molar-refractivity contribution in [2.75, 3.05) is 5.73 Å². The van der Waals surface area contributed by atoms with E-state index in [0.717, 1.165) is 12.1 Å². The van der Waals surface area contributed by atoms with E-state index in [2.05, 4.69) is 0 Å². The maximum atomic E-state index is 10.6. The molecule has 10 heteroatoms. The Bertz CT molecular complexity index is 489. The summed E-state index contributed by atoms with van der Waals surface area (Å²) in [5.74, 6) is 0. The summed E-state index contributed by atoms with van der Waals surface area (Å²) in [4.78, 5) is 8.68. The van der Waals surface area contributed by atoms with Crippen LogP contribution in [0.3, 0.4) is 0 Å². The number of nitrogen functional groups attached to an aromatic ring is 1. The minimum absolute atomic E-state index is 0. The molecule has 0 atom stereocenters. The smallest absolute Gasteiger partial charge is 0.744 e. The van der Waals surface area contributed by atoms with Gasteiger partial charge in [-0.05, 0) is 6.07 Å². The number of anilines is 1. The number of nitrogens with zero attached hydrogens (tertiary/aromatic N) is 1. The molecule has 1 aromatic carbocycles. The van der Waals surface area contributed by atoms with Crippen LogP contribution in [0.5, 0.6) is 0 Å². The first-order valence-electron chi connectivity index (χ1n) is 3.32. The fraction of sp³-hybridized carbons (Fsp3) is 0. The molecule has 8 nitrogen and oxygen atoms in total. The first kappa shape index (κ1) is 17.7. The molecule has 0 bridgehead atoms. The first-order valence-corrected chi connectivity index (χ1v) is 4.73. The molecule has 0 aliphatic rings. The van der Waals surface area contributed by atoms with Gasteiger partial charge in [0.15, 0.2) is 0 Å². The minimum atomic E-state index is -4.77. The number of benzene rings is 1. The molecular weight excluding hydrogens is 249 g/mol. The Hall–Kier alpha value is -0.710. The van der Waals surface area contributed by atoms with E-state index in [1.807, 2.05) is 0 Å². The van der Waals surface area contributed by atoms with Gasteiger partial charge >= 0.3 is 29.6 Å². The summed E-state index contributed by atoms with van der Waals surface area (Å²) in [7, 11) is -4.77. The molecule has 0 unspecified atom stereocenters. The molecule has 0 heterocycles. The Balaban J connectivity index is 0. The third kappa shape index (κ3) is 4.04. The average Bonchev–Trinajstić information content (AvgIpc) is 2.02. The fourth-order valence-corrected chi connectivity index (χ4v) is 1.47. The van der Waals surface area contributed by atoms with Crippen molar-refractivity contribution < 1.29 is 47.5 Å². The van der Waals surface area contributed by atoms with Crippen LogP contribution in [0.25, 0.3) is 0 Å². The van der Waals surface area contributed by atoms with Crippen LogP contribution >= 0.6 is 0 Å². The molecular formula is C6H8N3NaO5S. The second kappa shape index (κ2) is 6.13. The van der Waals surface area contributed by atoms with Crippen LogP contribution in [-0.4, -0.2) is 17.9 Å². The molecule has 1 aromatic rings. The summed E-state index contributed by atoms with van der Waals surface area (Å²) >= 11 is 0. The quantitative estimate of drug-likeness (QED) is 0.191. The molecule has 0 spiro atoms. The van der Waals surface area contributed by atoms with Gasteiger partial charge in [0.2, 0.25) is 0 Å². The zero-order valence-electron chi connectivity index (χ0n) is 8.41. The normalized spacial score (nSPS) is 9.81. The van der Waals surface area contributed by atoms with E-state index in [0.29, 0.717) is 6.07 Å². The second-order valence-electron chi connectivity index (χ2n) is 2.43. The molecule has 0 aliphatic carbocycles. The number of hydrogen-bond donors (Lipinski definition) is 2. The van der Waals surface area contributed by atoms with Crippen LogP contribution < -0.4 is 41.4 Å². The summed E-state index contributed by atoms with van der Waals surface area (Å²) in [5.41, 5.74) is 4.38. The maximum absolute atomic E-state index is 10.6. The van der Waals surface area contributed by atoms with Gasteiger partial charge in [-0.1, -0.05) is 0 Å². The third-order valence-electron chi connectivity index (χ3n) is 1.48. The Kier molecular flexibility index (Phi) is 6.77. The Morgan fingerprint density at radius 3 is 2.19 bits per heavy atom. The van der Waals surface area contributed by atoms with Gasteiger partial charge in [0.25, 0.3) is 5.69 Å². The van der Waals surface area contributed by atoms with Crippen LogP contribution in [0.15, 0.2) is 23.1 Å². The van der Waals surface area contributed by atoms with Crippen LogP contribution in [0.1, 0.15) is 0 Å². The van der Waals surface area contributed by atoms with E-state index in [-0.39, 0.29) is 41.4 Å². The van der Waals surface area contributed by atoms with Gasteiger partial charge in [-0.3, -0.25) is 10.1 Å². The van der Waals surface area contributed by atoms with Crippen LogP contribution in [0, 0.1) is 10.1 Å². The monoisotopic (exact) mass is 257 g/mol. The van der Waals surface area contributed by atoms with Crippen LogP contribution in [0.4, 0.5) is 11.4 Å². The van der Waals surface area contributed by atoms with Crippen molar-refractivity contribution in [1.82, 2.24) is 6.15 Å². The van der Waals surface area contributed by atoms with Crippen molar-refractivity contribution in [3.8, 4) is 0 Å². The number of nitrogens with two attached hydrogens (primary N) is 1. The number of nitro benzene ring substituents is 1. The average molecular weight is 257 g/mol. The molecule has 0 aliphatic heterocycles. The number of non-ortho nitro benzene ring substituents is 1. The fourth-order valence-electron chi connectivity index (χ4n) is 0.853. The van der Waals surface area contributed by atoms with E-state index in [1.165, 1.54) is 0 Å². The molecule has 84 valence electrons. The number of nitro groups is 1. The van der Waals surface area contributed by atoms with Crippen molar-refractivity contribution in [2.24, 2.45) is 0 Å². The molecule has 16 heavy (non-hydrogen) atoms. The third-order valence-corrected chi connectivity index (χ3v) is 2.37. The van der Waals surface area contributed by atoms with E-state index in [1.54, 1.807) is 0 Å². The predicted molar refractivity (Wildman–Crippen MR) is 50.5 cm³/mol. The molecule has 0 aromatic heterocycles. The molecule has 0 radical (unpaired) electrons. The standard InChI is InChI=1S/C6H6N2O5S.H3N.Na/c7-5-2-1-4(8(9)10)3-6(5)14(11,12)13;;/h1-3H,7H2,(H,11,12,13);1H3;/q;;+1/p-1. The van der Waals surface area contributed by atoms with Gasteiger partial charge < -0.3 is 16.4 Å². The van der Waals surface area contributed by atoms with Gasteiger partial charge in [0.05, 0.1) is 9.82 Å². The summed E-state index contributed by atoms with van der Waals surface area (Å²) < 4.78 is 31.7. The summed E-state index contributed by atoms with van der Waals surface area (Å²) in [6, 6.07) is 2.66. The van der Waals surface area contributed by atoms with Crippen molar-refractivity contribution in [1.29, 1.82) is 0 Å². The van der Waals surface area contributed by atoms with Gasteiger partial charge in [-0.2, -0.15) is 0 Å². The Morgan fingerprint density at radius 2 is 1.81 bits per heavy atom. The molecule has 5 N–H and O–H groups in total. The van der Waals surface area contributed by atoms with Crippen molar-refractivity contribution >= 4 is 21.5 Å². The van der Waals surface area contributed by atoms with E-state index >= 15 is 0 Å². The SMILES string of the molecule is N.Nc1ccc([N+](=O)[O-])cc1S(=O)(=O)[O-].[Na+]. The first-order chi connectivity index (χ1) is 6.32. The summed E-state index contributed by atoms with van der Waals surface area (Å²) in [6.07, 6.45) is 0. The molecule has 0 saturated heterocycles. The summed E-state index contributed by atoms with van der Waals surface area (Å²) in [6.45, 7) is 0. The van der Waals surface area contributed by atoms with Crippen molar-refractivity contribution in [3.63, 3.8) is 0 Å². The van der Waals surface area contributed by atoms with Crippen LogP contribution in [0.2, 0.25) is 0 Å². The molecule has 0 fully saturated rings. The molecule has 0 saturated carbocycles. The summed E-state index contributed by atoms with van der Waals surface area (Å²) in [5, 5.41) is 10.3. The Morgan fingerprint density at radius 1 is 1.31 bits per heavy atom. The van der Waals surface area contributed by atoms with Gasteiger partial charge in [-0.25, -0.2) is 8.42 Å². The predicted octanol–water partition coefficient (Wildman–Crippen LogP) is -2.75. The van der Waals surface area contributed by atoms with Gasteiger partial charge in [0, 0.05) is 17.8 Å². The zero-order chi connectivity index (χ0) is 10.9. The van der Waals surface area contributed by atoms with Crippen molar-refractivity contribution in [2.45, 2.75) is 4.90 Å². The Labute approximate surface area is 114 Å². The van der Waals surface area contributed by atoms with Crippen LogP contribution in [-0.2, 0) is 10.1 Å². The zero-order valence-corrected chi connectivity index (χ0v) is 11.2. The molecule has 0 amide bonds. The van der Waals surface area contributed by atoms with Crippen molar-refractivity contribution in [3.05, 3.63) is 28.3 Å². The van der Waals surface area contributed by atoms with Gasteiger partial charge in [-0.15, -0.1) is 0 Å². The minimum Gasteiger partial charge on any atom is -0.744 e. The second-order valence-corrected chi connectivity index (χ2v) is 3.78.